The molecule has 1 aromatic rings. The van der Waals surface area contributed by atoms with Gasteiger partial charge in [-0.25, -0.2) is 0 Å². The third kappa shape index (κ3) is 5.00. The van der Waals surface area contributed by atoms with Crippen LogP contribution in [0.25, 0.3) is 0 Å². The fourth-order valence-corrected chi connectivity index (χ4v) is 2.53. The maximum absolute atomic E-state index is 11.9. The summed E-state index contributed by atoms with van der Waals surface area (Å²) in [5, 5.41) is 14.8. The van der Waals surface area contributed by atoms with Gasteiger partial charge in [0.1, 0.15) is 0 Å². The first-order valence-corrected chi connectivity index (χ1v) is 7.14. The smallest absolute Gasteiger partial charge is 0.308 e. The molecule has 1 unspecified atom stereocenters. The monoisotopic (exact) mass is 298 g/mol. The molecule has 7 heteroatoms. The zero-order chi connectivity index (χ0) is 15.1. The average molecular weight is 298 g/mol. The van der Waals surface area contributed by atoms with Crippen LogP contribution in [-0.2, 0) is 9.59 Å². The van der Waals surface area contributed by atoms with Crippen LogP contribution in [0.3, 0.4) is 0 Å². The molecule has 0 saturated carbocycles. The van der Waals surface area contributed by atoms with E-state index in [1.807, 2.05) is 6.92 Å². The van der Waals surface area contributed by atoms with Gasteiger partial charge < -0.3 is 15.7 Å². The fraction of sp³-hybridized carbons (Fsp3) is 0.462. The lowest BCUT2D eigenvalue weighted by molar-refractivity contribution is -0.141. The summed E-state index contributed by atoms with van der Waals surface area (Å²) in [5.41, 5.74) is 0. The number of anilines is 1. The van der Waals surface area contributed by atoms with E-state index >= 15 is 0 Å². The molecule has 0 saturated heterocycles. The van der Waals surface area contributed by atoms with Gasteiger partial charge in [0.2, 0.25) is 5.91 Å². The Kier molecular flexibility index (Phi) is 6.17. The van der Waals surface area contributed by atoms with E-state index in [0.29, 0.717) is 16.3 Å². The summed E-state index contributed by atoms with van der Waals surface area (Å²) in [6, 6.07) is 3.24. The van der Waals surface area contributed by atoms with E-state index in [9.17, 15) is 14.4 Å². The molecule has 1 atom stereocenters. The van der Waals surface area contributed by atoms with Crippen LogP contribution in [0.5, 0.6) is 0 Å². The number of amides is 2. The predicted octanol–water partition coefficient (Wildman–Crippen LogP) is 1.94. The second-order valence-corrected chi connectivity index (χ2v) is 5.46. The van der Waals surface area contributed by atoms with Crippen molar-refractivity contribution in [1.29, 1.82) is 0 Å². The van der Waals surface area contributed by atoms with Crippen LogP contribution >= 0.6 is 11.3 Å². The van der Waals surface area contributed by atoms with E-state index in [2.05, 4.69) is 10.6 Å². The molecule has 20 heavy (non-hydrogen) atoms. The minimum absolute atomic E-state index is 0.107. The standard InChI is InChI=1S/C13H18N2O4S/c1-3-4-9(13(18)19)7-14-12(17)10-5-6-11(20-10)15-8(2)16/h5-6,9H,3-4,7H2,1-2H3,(H,14,17)(H,15,16)(H,18,19). The van der Waals surface area contributed by atoms with E-state index in [-0.39, 0.29) is 18.4 Å². The molecule has 0 spiro atoms. The Morgan fingerprint density at radius 1 is 1.35 bits per heavy atom. The topological polar surface area (TPSA) is 95.5 Å². The highest BCUT2D eigenvalue weighted by Gasteiger charge is 2.18. The summed E-state index contributed by atoms with van der Waals surface area (Å²) in [5.74, 6) is -2.00. The summed E-state index contributed by atoms with van der Waals surface area (Å²) in [6.07, 6.45) is 1.27. The minimum Gasteiger partial charge on any atom is -0.481 e. The van der Waals surface area contributed by atoms with Crippen LogP contribution < -0.4 is 10.6 Å². The van der Waals surface area contributed by atoms with Gasteiger partial charge in [0.15, 0.2) is 0 Å². The molecule has 0 aliphatic heterocycles. The Labute approximate surface area is 121 Å². The van der Waals surface area contributed by atoms with Crippen molar-refractivity contribution in [1.82, 2.24) is 5.32 Å². The number of thiophene rings is 1. The summed E-state index contributed by atoms with van der Waals surface area (Å²) in [7, 11) is 0. The first-order valence-electron chi connectivity index (χ1n) is 6.32. The molecular weight excluding hydrogens is 280 g/mol. The molecular formula is C13H18N2O4S. The number of hydrogen-bond acceptors (Lipinski definition) is 4. The van der Waals surface area contributed by atoms with Crippen LogP contribution in [0.4, 0.5) is 5.00 Å². The lowest BCUT2D eigenvalue weighted by atomic mass is 10.0. The minimum atomic E-state index is -0.905. The highest BCUT2D eigenvalue weighted by Crippen LogP contribution is 2.21. The van der Waals surface area contributed by atoms with Crippen molar-refractivity contribution in [3.8, 4) is 0 Å². The van der Waals surface area contributed by atoms with E-state index < -0.39 is 11.9 Å². The van der Waals surface area contributed by atoms with Crippen molar-refractivity contribution >= 4 is 34.1 Å². The number of carboxylic acid groups (broad SMARTS) is 1. The zero-order valence-corrected chi connectivity index (χ0v) is 12.3. The van der Waals surface area contributed by atoms with E-state index in [0.717, 1.165) is 17.8 Å². The molecule has 6 nitrogen and oxygen atoms in total. The van der Waals surface area contributed by atoms with Crippen molar-refractivity contribution in [2.75, 3.05) is 11.9 Å². The van der Waals surface area contributed by atoms with Crippen molar-refractivity contribution in [2.45, 2.75) is 26.7 Å². The van der Waals surface area contributed by atoms with Gasteiger partial charge in [-0.3, -0.25) is 14.4 Å². The van der Waals surface area contributed by atoms with Gasteiger partial charge in [-0.1, -0.05) is 13.3 Å². The number of carbonyl (C=O) groups excluding carboxylic acids is 2. The molecule has 3 N–H and O–H groups in total. The normalized spacial score (nSPS) is 11.7. The maximum atomic E-state index is 11.9. The zero-order valence-electron chi connectivity index (χ0n) is 11.4. The van der Waals surface area contributed by atoms with Crippen LogP contribution in [0.15, 0.2) is 12.1 Å². The van der Waals surface area contributed by atoms with Gasteiger partial charge in [0.25, 0.3) is 5.91 Å². The van der Waals surface area contributed by atoms with Crippen LogP contribution in [0, 0.1) is 5.92 Å². The van der Waals surface area contributed by atoms with Gasteiger partial charge in [0.05, 0.1) is 15.8 Å². The SMILES string of the molecule is CCCC(CNC(=O)c1ccc(NC(C)=O)s1)C(=O)O. The van der Waals surface area contributed by atoms with Gasteiger partial charge in [0, 0.05) is 13.5 Å². The Morgan fingerprint density at radius 2 is 2.05 bits per heavy atom. The number of aliphatic carboxylic acids is 1. The van der Waals surface area contributed by atoms with E-state index in [4.69, 9.17) is 5.11 Å². The van der Waals surface area contributed by atoms with E-state index in [1.165, 1.54) is 6.92 Å². The van der Waals surface area contributed by atoms with Crippen LogP contribution in [-0.4, -0.2) is 29.4 Å². The number of rotatable bonds is 7. The molecule has 110 valence electrons. The average Bonchev–Trinajstić information content (AvgIpc) is 2.81. The quantitative estimate of drug-likeness (QED) is 0.717. The molecule has 0 aliphatic carbocycles. The third-order valence-corrected chi connectivity index (χ3v) is 3.62. The third-order valence-electron chi connectivity index (χ3n) is 2.62. The van der Waals surface area contributed by atoms with Gasteiger partial charge in [-0.05, 0) is 18.6 Å². The highest BCUT2D eigenvalue weighted by atomic mass is 32.1. The van der Waals surface area contributed by atoms with Crippen LogP contribution in [0.2, 0.25) is 0 Å². The molecule has 0 bridgehead atoms. The van der Waals surface area contributed by atoms with Gasteiger partial charge in [-0.15, -0.1) is 11.3 Å². The molecule has 0 fully saturated rings. The van der Waals surface area contributed by atoms with Crippen molar-refractivity contribution < 1.29 is 19.5 Å². The number of carbonyl (C=O) groups is 3. The maximum Gasteiger partial charge on any atom is 0.308 e. The molecule has 0 radical (unpaired) electrons. The second kappa shape index (κ2) is 7.64. The van der Waals surface area contributed by atoms with Crippen LogP contribution in [0.1, 0.15) is 36.4 Å². The van der Waals surface area contributed by atoms with E-state index in [1.54, 1.807) is 12.1 Å². The van der Waals surface area contributed by atoms with Gasteiger partial charge >= 0.3 is 5.97 Å². The molecule has 0 aromatic carbocycles. The van der Waals surface area contributed by atoms with Crippen molar-refractivity contribution in [3.05, 3.63) is 17.0 Å². The number of hydrogen-bond donors (Lipinski definition) is 3. The lowest BCUT2D eigenvalue weighted by Gasteiger charge is -2.11. The second-order valence-electron chi connectivity index (χ2n) is 4.38. The Bertz CT molecular complexity index is 498. The molecule has 0 aliphatic rings. The fourth-order valence-electron chi connectivity index (χ4n) is 1.66. The predicted molar refractivity (Wildman–Crippen MR) is 77.0 cm³/mol. The molecule has 2 amide bonds. The summed E-state index contributed by atoms with van der Waals surface area (Å²) >= 11 is 1.15. The summed E-state index contributed by atoms with van der Waals surface area (Å²) in [6.45, 7) is 3.40. The Hall–Kier alpha value is -1.89. The first kappa shape index (κ1) is 16.2. The molecule has 1 aromatic heterocycles. The summed E-state index contributed by atoms with van der Waals surface area (Å²) < 4.78 is 0. The highest BCUT2D eigenvalue weighted by molar-refractivity contribution is 7.18. The summed E-state index contributed by atoms with van der Waals surface area (Å²) in [4.78, 5) is 34.2. The van der Waals surface area contributed by atoms with Gasteiger partial charge in [-0.2, -0.15) is 0 Å². The number of nitrogens with one attached hydrogen (secondary N) is 2. The van der Waals surface area contributed by atoms with Crippen molar-refractivity contribution in [3.63, 3.8) is 0 Å². The largest absolute Gasteiger partial charge is 0.481 e. The van der Waals surface area contributed by atoms with Crippen molar-refractivity contribution in [2.24, 2.45) is 5.92 Å². The Morgan fingerprint density at radius 3 is 2.60 bits per heavy atom. The molecule has 1 heterocycles. The molecule has 1 rings (SSSR count). The Balaban J connectivity index is 2.55. The lowest BCUT2D eigenvalue weighted by Crippen LogP contribution is -2.32. The first-order chi connectivity index (χ1) is 9.43. The number of carboxylic acids is 1.